The Kier molecular flexibility index (Phi) is 6.68. The first-order valence-corrected chi connectivity index (χ1v) is 12.0. The number of nitriles is 1. The monoisotopic (exact) mass is 490 g/mol. The highest BCUT2D eigenvalue weighted by atomic mass is 35.5. The number of Topliss-reactive ketones (excluding diaryl/α,β-unsaturated/α-hetero) is 1. The lowest BCUT2D eigenvalue weighted by atomic mass is 9.77. The van der Waals surface area contributed by atoms with Crippen molar-refractivity contribution in [3.8, 4) is 6.07 Å². The van der Waals surface area contributed by atoms with Gasteiger partial charge in [-0.1, -0.05) is 47.1 Å². The topological polar surface area (TPSA) is 94.9 Å². The van der Waals surface area contributed by atoms with Gasteiger partial charge in [0.05, 0.1) is 38.4 Å². The van der Waals surface area contributed by atoms with Crippen LogP contribution in [0.5, 0.6) is 0 Å². The number of nitrogens with zero attached hydrogens (tertiary/aromatic N) is 2. The number of halogens is 2. The van der Waals surface area contributed by atoms with Crippen molar-refractivity contribution in [3.63, 3.8) is 0 Å². The van der Waals surface area contributed by atoms with Crippen LogP contribution in [0.3, 0.4) is 0 Å². The second-order valence-electron chi connectivity index (χ2n) is 6.90. The Labute approximate surface area is 197 Å². The maximum Gasteiger partial charge on any atom is 0.236 e. The molecule has 0 fully saturated rings. The van der Waals surface area contributed by atoms with Gasteiger partial charge in [0.1, 0.15) is 0 Å². The molecule has 1 aliphatic carbocycles. The molecule has 1 unspecified atom stereocenters. The summed E-state index contributed by atoms with van der Waals surface area (Å²) >= 11 is 15.3. The number of carbonyl (C=O) groups excluding carboxylic acids is 2. The second-order valence-corrected chi connectivity index (χ2v) is 9.56. The molecule has 2 N–H and O–H groups in total. The minimum atomic E-state index is -0.621. The zero-order valence-corrected chi connectivity index (χ0v) is 19.2. The number of carbonyl (C=O) groups is 2. The maximum atomic E-state index is 12.8. The van der Waals surface area contributed by atoms with Crippen molar-refractivity contribution < 1.29 is 9.59 Å². The zero-order valence-electron chi connectivity index (χ0n) is 16.1. The first-order valence-electron chi connectivity index (χ1n) is 9.43. The molecule has 1 aromatic carbocycles. The highest BCUT2D eigenvalue weighted by molar-refractivity contribution is 8.03. The number of benzene rings is 1. The smallest absolute Gasteiger partial charge is 0.236 e. The number of dihydropyridines is 1. The third kappa shape index (κ3) is 4.51. The van der Waals surface area contributed by atoms with Crippen molar-refractivity contribution in [1.82, 2.24) is 10.3 Å². The molecule has 0 spiro atoms. The van der Waals surface area contributed by atoms with Gasteiger partial charge in [0.25, 0.3) is 0 Å². The molecule has 0 bridgehead atoms. The van der Waals surface area contributed by atoms with Gasteiger partial charge >= 0.3 is 0 Å². The minimum Gasteiger partial charge on any atom is -0.352 e. The van der Waals surface area contributed by atoms with Gasteiger partial charge < -0.3 is 10.6 Å². The number of thioether (sulfide) groups is 1. The summed E-state index contributed by atoms with van der Waals surface area (Å²) in [4.78, 5) is 29.2. The van der Waals surface area contributed by atoms with Crippen LogP contribution in [0.4, 0.5) is 5.13 Å². The van der Waals surface area contributed by atoms with Gasteiger partial charge in [-0.3, -0.25) is 9.59 Å². The lowest BCUT2D eigenvalue weighted by molar-refractivity contribution is -0.116. The molecular weight excluding hydrogens is 475 g/mol. The highest BCUT2D eigenvalue weighted by Gasteiger charge is 2.38. The Morgan fingerprint density at radius 3 is 2.97 bits per heavy atom. The van der Waals surface area contributed by atoms with E-state index < -0.39 is 5.92 Å². The molecule has 158 valence electrons. The van der Waals surface area contributed by atoms with E-state index in [4.69, 9.17) is 23.2 Å². The lowest BCUT2D eigenvalue weighted by Gasteiger charge is -2.33. The van der Waals surface area contributed by atoms with E-state index in [-0.39, 0.29) is 17.4 Å². The first kappa shape index (κ1) is 21.9. The molecule has 0 saturated heterocycles. The molecule has 6 nitrogen and oxygen atoms in total. The molecule has 4 rings (SSSR count). The first-order chi connectivity index (χ1) is 15.0. The zero-order chi connectivity index (χ0) is 22.0. The van der Waals surface area contributed by atoms with Crippen LogP contribution in [0.15, 0.2) is 51.6 Å². The lowest BCUT2D eigenvalue weighted by Crippen LogP contribution is -2.32. The summed E-state index contributed by atoms with van der Waals surface area (Å²) in [6, 6.07) is 7.44. The fourth-order valence-electron chi connectivity index (χ4n) is 3.67. The van der Waals surface area contributed by atoms with Gasteiger partial charge in [-0.15, -0.1) is 11.3 Å². The fraction of sp³-hybridized carbons (Fsp3) is 0.238. The van der Waals surface area contributed by atoms with Crippen molar-refractivity contribution in [3.05, 3.63) is 67.3 Å². The average molecular weight is 491 g/mol. The summed E-state index contributed by atoms with van der Waals surface area (Å²) in [6.45, 7) is 0. The van der Waals surface area contributed by atoms with E-state index in [2.05, 4.69) is 21.7 Å². The van der Waals surface area contributed by atoms with Crippen molar-refractivity contribution >= 4 is 63.1 Å². The molecular formula is C21H16Cl2N4O2S2. The van der Waals surface area contributed by atoms with Gasteiger partial charge in [-0.05, 0) is 24.5 Å². The molecule has 31 heavy (non-hydrogen) atoms. The normalized spacial score (nSPS) is 18.4. The number of aromatic nitrogens is 1. The average Bonchev–Trinajstić information content (AvgIpc) is 3.26. The Balaban J connectivity index is 1.69. The fourth-order valence-corrected chi connectivity index (χ4v) is 5.49. The van der Waals surface area contributed by atoms with Gasteiger partial charge in [0.15, 0.2) is 10.9 Å². The van der Waals surface area contributed by atoms with Gasteiger partial charge in [-0.2, -0.15) is 5.26 Å². The summed E-state index contributed by atoms with van der Waals surface area (Å²) in [5, 5.41) is 19.5. The summed E-state index contributed by atoms with van der Waals surface area (Å²) in [5.41, 5.74) is 2.30. The number of ketones is 1. The van der Waals surface area contributed by atoms with Crippen LogP contribution in [0, 0.1) is 11.3 Å². The SMILES string of the molecule is N#CC1=C(SCC(=O)Nc2nccs2)NC2=C(C(=O)CCC2)C1c1cccc(Cl)c1Cl. The number of thiazole rings is 1. The van der Waals surface area contributed by atoms with E-state index in [1.807, 2.05) is 0 Å². The number of hydrogen-bond donors (Lipinski definition) is 2. The molecule has 0 radical (unpaired) electrons. The Hall–Kier alpha value is -2.31. The molecule has 2 heterocycles. The summed E-state index contributed by atoms with van der Waals surface area (Å²) < 4.78 is 0. The molecule has 1 aromatic heterocycles. The molecule has 0 saturated carbocycles. The van der Waals surface area contributed by atoms with Crippen LogP contribution in [-0.4, -0.2) is 22.4 Å². The third-order valence-corrected chi connectivity index (χ3v) is 7.52. The number of hydrogen-bond acceptors (Lipinski definition) is 7. The summed E-state index contributed by atoms with van der Waals surface area (Å²) in [7, 11) is 0. The van der Waals surface area contributed by atoms with Crippen molar-refractivity contribution in [2.45, 2.75) is 25.2 Å². The van der Waals surface area contributed by atoms with Crippen molar-refractivity contribution in [2.75, 3.05) is 11.1 Å². The van der Waals surface area contributed by atoms with Crippen LogP contribution >= 0.6 is 46.3 Å². The number of anilines is 1. The van der Waals surface area contributed by atoms with Crippen LogP contribution in [-0.2, 0) is 9.59 Å². The van der Waals surface area contributed by atoms with Crippen LogP contribution in [0.25, 0.3) is 0 Å². The summed E-state index contributed by atoms with van der Waals surface area (Å²) in [5.74, 6) is -0.777. The van der Waals surface area contributed by atoms with E-state index >= 15 is 0 Å². The van der Waals surface area contributed by atoms with E-state index in [9.17, 15) is 14.9 Å². The molecule has 1 atom stereocenters. The molecule has 2 aliphatic rings. The van der Waals surface area contributed by atoms with Crippen LogP contribution in [0.2, 0.25) is 10.0 Å². The molecule has 10 heteroatoms. The predicted octanol–water partition coefficient (Wildman–Crippen LogP) is 5.25. The van der Waals surface area contributed by atoms with E-state index in [1.54, 1.807) is 29.8 Å². The molecule has 1 amide bonds. The number of nitrogens with one attached hydrogen (secondary N) is 2. The van der Waals surface area contributed by atoms with E-state index in [1.165, 1.54) is 23.1 Å². The second kappa shape index (κ2) is 9.45. The Bertz CT molecular complexity index is 1150. The number of allylic oxidation sites excluding steroid dienone is 3. The molecule has 1 aliphatic heterocycles. The number of rotatable bonds is 5. The van der Waals surface area contributed by atoms with Gasteiger partial charge in [0, 0.05) is 29.3 Å². The van der Waals surface area contributed by atoms with Crippen molar-refractivity contribution in [1.29, 1.82) is 5.26 Å². The quantitative estimate of drug-likeness (QED) is 0.593. The Morgan fingerprint density at radius 1 is 1.39 bits per heavy atom. The van der Waals surface area contributed by atoms with E-state index in [0.717, 1.165) is 12.1 Å². The predicted molar refractivity (Wildman–Crippen MR) is 124 cm³/mol. The largest absolute Gasteiger partial charge is 0.352 e. The third-order valence-electron chi connectivity index (χ3n) is 4.98. The summed E-state index contributed by atoms with van der Waals surface area (Å²) in [6.07, 6.45) is 3.45. The van der Waals surface area contributed by atoms with E-state index in [0.29, 0.717) is 49.8 Å². The minimum absolute atomic E-state index is 0.00638. The standard InChI is InChI=1S/C21H16Cl2N4O2S2/c22-13-4-1-3-11(19(13)23)17-12(9-24)20(26-14-5-2-6-15(28)18(14)17)31-10-16(29)27-21-25-7-8-30-21/h1,3-4,7-8,17,26H,2,5-6,10H2,(H,25,27,29). The van der Waals surface area contributed by atoms with Crippen molar-refractivity contribution in [2.24, 2.45) is 0 Å². The Morgan fingerprint density at radius 2 is 2.23 bits per heavy atom. The maximum absolute atomic E-state index is 12.8. The highest BCUT2D eigenvalue weighted by Crippen LogP contribution is 2.46. The molecule has 2 aromatic rings. The van der Waals surface area contributed by atoms with Gasteiger partial charge in [-0.25, -0.2) is 4.98 Å². The van der Waals surface area contributed by atoms with Crippen LogP contribution in [0.1, 0.15) is 30.7 Å². The van der Waals surface area contributed by atoms with Crippen LogP contribution < -0.4 is 10.6 Å². The number of amides is 1. The van der Waals surface area contributed by atoms with Gasteiger partial charge in [0.2, 0.25) is 5.91 Å².